The highest BCUT2D eigenvalue weighted by Crippen LogP contribution is 2.30. The van der Waals surface area contributed by atoms with Crippen LogP contribution in [0.2, 0.25) is 0 Å². The predicted molar refractivity (Wildman–Crippen MR) is 72.0 cm³/mol. The molecule has 0 bridgehead atoms. The van der Waals surface area contributed by atoms with E-state index in [4.69, 9.17) is 0 Å². The van der Waals surface area contributed by atoms with Crippen LogP contribution in [0.4, 0.5) is 13.2 Å². The van der Waals surface area contributed by atoms with Gasteiger partial charge in [0.05, 0.1) is 12.7 Å². The maximum absolute atomic E-state index is 12.6. The monoisotopic (exact) mass is 363 g/mol. The molecule has 0 radical (unpaired) electrons. The maximum atomic E-state index is 12.6. The second kappa shape index (κ2) is 5.51. The summed E-state index contributed by atoms with van der Waals surface area (Å²) in [6.45, 7) is -0.278. The first-order valence-electron chi connectivity index (χ1n) is 5.70. The van der Waals surface area contributed by atoms with E-state index in [0.717, 1.165) is 6.20 Å². The molecule has 0 saturated heterocycles. The number of benzene rings is 1. The lowest BCUT2D eigenvalue weighted by Gasteiger charge is -2.03. The zero-order valence-corrected chi connectivity index (χ0v) is 12.3. The molecule has 4 nitrogen and oxygen atoms in total. The Balaban J connectivity index is 2.63. The smallest absolute Gasteiger partial charge is 0.454 e. The zero-order chi connectivity index (χ0) is 15.8. The number of hydrogen-bond donors (Lipinski definition) is 0. The normalized spacial score (nSPS) is 11.7. The Bertz CT molecular complexity index is 721. The quantitative estimate of drug-likeness (QED) is 0.620. The Morgan fingerprint density at radius 2 is 2.00 bits per heavy atom. The van der Waals surface area contributed by atoms with Crippen LogP contribution in [0.1, 0.15) is 10.4 Å². The third-order valence-corrected chi connectivity index (χ3v) is 3.37. The van der Waals surface area contributed by atoms with Gasteiger partial charge in [-0.05, 0) is 18.2 Å². The fourth-order valence-corrected chi connectivity index (χ4v) is 2.30. The Hall–Kier alpha value is -1.83. The maximum Gasteiger partial charge on any atom is 0.454 e. The van der Waals surface area contributed by atoms with Gasteiger partial charge in [-0.15, -0.1) is 0 Å². The number of carbonyl (C=O) groups is 2. The van der Waals surface area contributed by atoms with Crippen molar-refractivity contribution in [2.24, 2.45) is 0 Å². The Morgan fingerprint density at radius 3 is 2.57 bits per heavy atom. The molecule has 0 aliphatic carbocycles. The van der Waals surface area contributed by atoms with E-state index in [1.165, 1.54) is 23.8 Å². The summed E-state index contributed by atoms with van der Waals surface area (Å²) >= 11 is 3.15. The zero-order valence-electron chi connectivity index (χ0n) is 10.7. The molecule has 1 aromatic carbocycles. The van der Waals surface area contributed by atoms with Crippen LogP contribution in [0, 0.1) is 0 Å². The summed E-state index contributed by atoms with van der Waals surface area (Å²) < 4.78 is 44.2. The number of ketones is 1. The molecule has 0 aliphatic heterocycles. The molecule has 8 heteroatoms. The number of nitrogens with zero attached hydrogens (tertiary/aromatic N) is 1. The summed E-state index contributed by atoms with van der Waals surface area (Å²) in [5.41, 5.74) is -0.154. The van der Waals surface area contributed by atoms with Crippen LogP contribution < -0.4 is 0 Å². The molecule has 112 valence electrons. The minimum Gasteiger partial charge on any atom is -0.468 e. The topological polar surface area (TPSA) is 48.3 Å². The van der Waals surface area contributed by atoms with Crippen LogP contribution in [-0.2, 0) is 16.1 Å². The Labute approximate surface area is 125 Å². The lowest BCUT2D eigenvalue weighted by atomic mass is 10.1. The molecule has 0 saturated carbocycles. The molecule has 1 aromatic heterocycles. The molecular weight excluding hydrogens is 355 g/mol. The number of rotatable bonds is 3. The van der Waals surface area contributed by atoms with Gasteiger partial charge in [-0.3, -0.25) is 9.59 Å². The molecule has 0 aliphatic rings. The van der Waals surface area contributed by atoms with Gasteiger partial charge in [-0.1, -0.05) is 15.9 Å². The molecule has 1 heterocycles. The highest BCUT2D eigenvalue weighted by molar-refractivity contribution is 9.10. The van der Waals surface area contributed by atoms with Gasteiger partial charge in [0.2, 0.25) is 0 Å². The number of hydrogen-bond acceptors (Lipinski definition) is 3. The number of halogens is 4. The second-order valence-corrected chi connectivity index (χ2v) is 5.15. The molecule has 2 rings (SSSR count). The first-order chi connectivity index (χ1) is 9.74. The van der Waals surface area contributed by atoms with Crippen LogP contribution in [0.15, 0.2) is 28.9 Å². The van der Waals surface area contributed by atoms with E-state index in [9.17, 15) is 22.8 Å². The van der Waals surface area contributed by atoms with Gasteiger partial charge >= 0.3 is 12.1 Å². The number of aromatic nitrogens is 1. The highest BCUT2D eigenvalue weighted by Gasteiger charge is 2.40. The number of fused-ring (bicyclic) bond motifs is 1. The van der Waals surface area contributed by atoms with Crippen molar-refractivity contribution in [2.75, 3.05) is 7.11 Å². The fraction of sp³-hybridized carbons (Fsp3) is 0.231. The number of carbonyl (C=O) groups excluding carboxylic acids is 2. The van der Waals surface area contributed by atoms with E-state index in [1.807, 2.05) is 0 Å². The first kappa shape index (κ1) is 15.6. The number of esters is 1. The second-order valence-electron chi connectivity index (χ2n) is 4.24. The summed E-state index contributed by atoms with van der Waals surface area (Å²) in [4.78, 5) is 22.8. The lowest BCUT2D eigenvalue weighted by molar-refractivity contribution is -0.141. The van der Waals surface area contributed by atoms with E-state index < -0.39 is 23.5 Å². The minimum absolute atomic E-state index is 0.121. The van der Waals surface area contributed by atoms with E-state index in [-0.39, 0.29) is 11.9 Å². The summed E-state index contributed by atoms with van der Waals surface area (Å²) in [5.74, 6) is -2.57. The average Bonchev–Trinajstić information content (AvgIpc) is 2.74. The molecule has 21 heavy (non-hydrogen) atoms. The van der Waals surface area contributed by atoms with Crippen LogP contribution in [0.3, 0.4) is 0 Å². The van der Waals surface area contributed by atoms with E-state index >= 15 is 0 Å². The molecule has 2 aromatic rings. The van der Waals surface area contributed by atoms with Crippen LogP contribution in [0.25, 0.3) is 10.9 Å². The molecule has 0 amide bonds. The molecule has 0 atom stereocenters. The molecule has 0 unspecified atom stereocenters. The van der Waals surface area contributed by atoms with Crippen molar-refractivity contribution in [3.05, 3.63) is 34.4 Å². The average molecular weight is 364 g/mol. The van der Waals surface area contributed by atoms with E-state index in [1.54, 1.807) is 6.07 Å². The van der Waals surface area contributed by atoms with Gasteiger partial charge in [0.1, 0.15) is 6.54 Å². The van der Waals surface area contributed by atoms with Gasteiger partial charge in [-0.25, -0.2) is 0 Å². The number of ether oxygens (including phenoxy) is 1. The highest BCUT2D eigenvalue weighted by atomic mass is 79.9. The van der Waals surface area contributed by atoms with Crippen LogP contribution in [-0.4, -0.2) is 29.6 Å². The van der Waals surface area contributed by atoms with Crippen molar-refractivity contribution in [2.45, 2.75) is 12.7 Å². The Morgan fingerprint density at radius 1 is 1.33 bits per heavy atom. The third-order valence-electron chi connectivity index (χ3n) is 2.87. The van der Waals surface area contributed by atoms with Crippen LogP contribution >= 0.6 is 15.9 Å². The first-order valence-corrected chi connectivity index (χ1v) is 6.50. The summed E-state index contributed by atoms with van der Waals surface area (Å²) in [6.07, 6.45) is -3.96. The summed E-state index contributed by atoms with van der Waals surface area (Å²) in [5, 5.41) is 0.121. The number of Topliss-reactive ketones (excluding diaryl/α,β-unsaturated/α-hetero) is 1. The van der Waals surface area contributed by atoms with Crippen molar-refractivity contribution in [1.82, 2.24) is 4.57 Å². The van der Waals surface area contributed by atoms with Gasteiger partial charge < -0.3 is 9.30 Å². The summed E-state index contributed by atoms with van der Waals surface area (Å²) in [7, 11) is 1.17. The van der Waals surface area contributed by atoms with Crippen molar-refractivity contribution < 1.29 is 27.5 Å². The summed E-state index contributed by atoms with van der Waals surface area (Å²) in [6, 6.07) is 4.54. The molecule has 0 fully saturated rings. The van der Waals surface area contributed by atoms with Gasteiger partial charge in [-0.2, -0.15) is 13.2 Å². The van der Waals surface area contributed by atoms with Gasteiger partial charge in [0.15, 0.2) is 0 Å². The SMILES string of the molecule is COC(=O)Cn1cc(C(=O)C(F)(F)F)c2cc(Br)ccc21. The van der Waals surface area contributed by atoms with Crippen molar-refractivity contribution in [1.29, 1.82) is 0 Å². The van der Waals surface area contributed by atoms with Crippen LogP contribution in [0.5, 0.6) is 0 Å². The number of alkyl halides is 3. The lowest BCUT2D eigenvalue weighted by Crippen LogP contribution is -2.22. The minimum atomic E-state index is -4.98. The Kier molecular flexibility index (Phi) is 4.08. The van der Waals surface area contributed by atoms with Gasteiger partial charge in [0.25, 0.3) is 5.78 Å². The van der Waals surface area contributed by atoms with Crippen molar-refractivity contribution >= 4 is 38.6 Å². The van der Waals surface area contributed by atoms with Crippen molar-refractivity contribution in [3.63, 3.8) is 0 Å². The molecular formula is C13H9BrF3NO3. The standard InChI is InChI=1S/C13H9BrF3NO3/c1-21-11(19)6-18-5-9(12(20)13(15,16)17)8-4-7(14)2-3-10(8)18/h2-5H,6H2,1H3. The third kappa shape index (κ3) is 3.10. The van der Waals surface area contributed by atoms with Gasteiger partial charge in [0, 0.05) is 21.6 Å². The van der Waals surface area contributed by atoms with E-state index in [2.05, 4.69) is 20.7 Å². The molecule has 0 N–H and O–H groups in total. The predicted octanol–water partition coefficient (Wildman–Crippen LogP) is 3.32. The fourth-order valence-electron chi connectivity index (χ4n) is 1.94. The number of methoxy groups -OCH3 is 1. The largest absolute Gasteiger partial charge is 0.468 e. The van der Waals surface area contributed by atoms with E-state index in [0.29, 0.717) is 9.99 Å². The van der Waals surface area contributed by atoms with Crippen molar-refractivity contribution in [3.8, 4) is 0 Å². The molecule has 0 spiro atoms.